The van der Waals surface area contributed by atoms with Gasteiger partial charge in [-0.3, -0.25) is 4.79 Å². The second kappa shape index (κ2) is 9.59. The third-order valence-corrected chi connectivity index (χ3v) is 4.06. The summed E-state index contributed by atoms with van der Waals surface area (Å²) in [6, 6.07) is 11.0. The summed E-state index contributed by atoms with van der Waals surface area (Å²) in [6.45, 7) is 1.77. The quantitative estimate of drug-likeness (QED) is 0.568. The third kappa shape index (κ3) is 6.24. The summed E-state index contributed by atoms with van der Waals surface area (Å²) in [5.41, 5.74) is 0.0666. The van der Waals surface area contributed by atoms with E-state index in [1.54, 1.807) is 43.4 Å². The van der Waals surface area contributed by atoms with Gasteiger partial charge in [-0.2, -0.15) is 18.4 Å². The number of benzene rings is 2. The Bertz CT molecular complexity index is 877. The van der Waals surface area contributed by atoms with E-state index < -0.39 is 29.7 Å². The molecule has 29 heavy (non-hydrogen) atoms. The molecule has 1 atom stereocenters. The van der Waals surface area contributed by atoms with Crippen LogP contribution in [0.5, 0.6) is 0 Å². The van der Waals surface area contributed by atoms with Crippen molar-refractivity contribution in [3.05, 3.63) is 65.7 Å². The molecule has 0 aliphatic rings. The molecule has 2 aromatic carbocycles. The van der Waals surface area contributed by atoms with Crippen molar-refractivity contribution >= 4 is 17.6 Å². The van der Waals surface area contributed by atoms with E-state index in [1.807, 2.05) is 0 Å². The minimum absolute atomic E-state index is 0.133. The Kier molecular flexibility index (Phi) is 7.20. The summed E-state index contributed by atoms with van der Waals surface area (Å²) in [5, 5.41) is 14.0. The Hall–Kier alpha value is -3.54. The average Bonchev–Trinajstić information content (AvgIpc) is 2.69. The lowest BCUT2D eigenvalue weighted by atomic mass is 10.0. The first-order valence-electron chi connectivity index (χ1n) is 8.74. The van der Waals surface area contributed by atoms with E-state index in [2.05, 4.69) is 10.6 Å². The topological polar surface area (TPSA) is 85.2 Å². The van der Waals surface area contributed by atoms with Gasteiger partial charge < -0.3 is 10.6 Å². The highest BCUT2D eigenvalue weighted by Gasteiger charge is 2.30. The van der Waals surface area contributed by atoms with Crippen molar-refractivity contribution in [2.75, 3.05) is 11.9 Å². The molecule has 0 spiro atoms. The fraction of sp³-hybridized carbons (Fsp3) is 0.250. The van der Waals surface area contributed by atoms with Crippen LogP contribution in [0.3, 0.4) is 0 Å². The van der Waals surface area contributed by atoms with Gasteiger partial charge in [-0.05, 0) is 36.8 Å². The zero-order chi connectivity index (χ0) is 21.4. The van der Waals surface area contributed by atoms with Gasteiger partial charge in [0.05, 0.1) is 5.56 Å². The van der Waals surface area contributed by atoms with E-state index in [4.69, 9.17) is 5.26 Å². The first kappa shape index (κ1) is 21.8. The van der Waals surface area contributed by atoms with Crippen LogP contribution in [0.4, 0.5) is 23.7 Å². The fourth-order valence-corrected chi connectivity index (χ4v) is 2.58. The Balaban J connectivity index is 2.11. The van der Waals surface area contributed by atoms with Gasteiger partial charge in [-0.1, -0.05) is 30.3 Å². The highest BCUT2D eigenvalue weighted by atomic mass is 19.4. The monoisotopic (exact) mass is 404 g/mol. The lowest BCUT2D eigenvalue weighted by Gasteiger charge is -2.22. The number of likely N-dealkylation sites (N-methyl/N-ethyl adjacent to an activating group) is 1. The number of rotatable bonds is 6. The van der Waals surface area contributed by atoms with Gasteiger partial charge >= 0.3 is 12.2 Å². The van der Waals surface area contributed by atoms with Crippen LogP contribution in [-0.2, 0) is 17.4 Å². The van der Waals surface area contributed by atoms with Crippen LogP contribution < -0.4 is 10.6 Å². The second-order valence-electron chi connectivity index (χ2n) is 6.10. The number of hydrogen-bond acceptors (Lipinski definition) is 3. The summed E-state index contributed by atoms with van der Waals surface area (Å²) in [6.07, 6.45) is -2.56. The molecule has 6 nitrogen and oxygen atoms in total. The van der Waals surface area contributed by atoms with E-state index >= 15 is 0 Å². The molecule has 1 unspecified atom stereocenters. The molecule has 3 amide bonds. The maximum absolute atomic E-state index is 12.6. The van der Waals surface area contributed by atoms with Crippen molar-refractivity contribution in [1.82, 2.24) is 10.2 Å². The third-order valence-electron chi connectivity index (χ3n) is 4.06. The van der Waals surface area contributed by atoms with Crippen LogP contribution in [0.1, 0.15) is 18.1 Å². The number of carbonyl (C=O) groups is 2. The van der Waals surface area contributed by atoms with Gasteiger partial charge in [-0.25, -0.2) is 9.69 Å². The Labute approximate surface area is 165 Å². The van der Waals surface area contributed by atoms with Crippen LogP contribution in [0.15, 0.2) is 54.6 Å². The first-order valence-corrected chi connectivity index (χ1v) is 8.74. The van der Waals surface area contributed by atoms with Gasteiger partial charge in [0.2, 0.25) is 0 Å². The van der Waals surface area contributed by atoms with E-state index in [0.29, 0.717) is 0 Å². The van der Waals surface area contributed by atoms with Gasteiger partial charge in [0.25, 0.3) is 5.91 Å². The molecule has 0 fully saturated rings. The smallest absolute Gasteiger partial charge is 0.326 e. The largest absolute Gasteiger partial charge is 0.416 e. The number of urea groups is 1. The SMILES string of the molecule is CCN(C#N)C(=O)C(Cc1ccccc1)NC(=O)Nc1ccc(C(F)(F)F)cc1. The molecule has 0 radical (unpaired) electrons. The lowest BCUT2D eigenvalue weighted by molar-refractivity contribution is -0.137. The molecular weight excluding hydrogens is 385 g/mol. The van der Waals surface area contributed by atoms with E-state index in [0.717, 1.165) is 34.7 Å². The molecule has 9 heteroatoms. The van der Waals surface area contributed by atoms with Crippen LogP contribution in [-0.4, -0.2) is 29.4 Å². The zero-order valence-electron chi connectivity index (χ0n) is 15.5. The van der Waals surface area contributed by atoms with Crippen LogP contribution >= 0.6 is 0 Å². The molecule has 0 aliphatic heterocycles. The number of nitrogens with zero attached hydrogens (tertiary/aromatic N) is 2. The number of nitriles is 1. The summed E-state index contributed by atoms with van der Waals surface area (Å²) in [5.74, 6) is -0.582. The maximum atomic E-state index is 12.6. The minimum Gasteiger partial charge on any atom is -0.326 e. The highest BCUT2D eigenvalue weighted by Crippen LogP contribution is 2.29. The zero-order valence-corrected chi connectivity index (χ0v) is 15.5. The normalized spacial score (nSPS) is 11.8. The second-order valence-corrected chi connectivity index (χ2v) is 6.10. The van der Waals surface area contributed by atoms with Gasteiger partial charge in [0.15, 0.2) is 6.19 Å². The van der Waals surface area contributed by atoms with Crippen molar-refractivity contribution in [3.8, 4) is 6.19 Å². The molecule has 2 N–H and O–H groups in total. The first-order chi connectivity index (χ1) is 13.7. The van der Waals surface area contributed by atoms with Crippen LogP contribution in [0.2, 0.25) is 0 Å². The molecule has 2 rings (SSSR count). The molecular formula is C20H19F3N4O2. The molecule has 2 aromatic rings. The average molecular weight is 404 g/mol. The standard InChI is InChI=1S/C20H19F3N4O2/c1-2-27(13-24)18(28)17(12-14-6-4-3-5-7-14)26-19(29)25-16-10-8-15(9-11-16)20(21,22)23/h3-11,17H,2,12H2,1H3,(H2,25,26,29). The number of amides is 3. The summed E-state index contributed by atoms with van der Waals surface area (Å²) >= 11 is 0. The van der Waals surface area contributed by atoms with Crippen molar-refractivity contribution in [2.45, 2.75) is 25.6 Å². The lowest BCUT2D eigenvalue weighted by Crippen LogP contribution is -2.49. The predicted molar refractivity (Wildman–Crippen MR) is 101 cm³/mol. The number of nitrogens with one attached hydrogen (secondary N) is 2. The van der Waals surface area contributed by atoms with E-state index in [9.17, 15) is 22.8 Å². The number of anilines is 1. The predicted octanol–water partition coefficient (Wildman–Crippen LogP) is 3.77. The fourth-order valence-electron chi connectivity index (χ4n) is 2.58. The number of carbonyl (C=O) groups excluding carboxylic acids is 2. The van der Waals surface area contributed by atoms with Gasteiger partial charge in [-0.15, -0.1) is 0 Å². The van der Waals surface area contributed by atoms with E-state index in [-0.39, 0.29) is 18.7 Å². The van der Waals surface area contributed by atoms with Crippen LogP contribution in [0, 0.1) is 11.5 Å². The molecule has 0 aliphatic carbocycles. The Morgan fingerprint density at radius 1 is 1.10 bits per heavy atom. The summed E-state index contributed by atoms with van der Waals surface area (Å²) < 4.78 is 37.9. The van der Waals surface area contributed by atoms with Crippen molar-refractivity contribution in [1.29, 1.82) is 5.26 Å². The van der Waals surface area contributed by atoms with E-state index in [1.165, 1.54) is 0 Å². The molecule has 0 heterocycles. The highest BCUT2D eigenvalue weighted by molar-refractivity contribution is 5.94. The molecule has 0 aromatic heterocycles. The van der Waals surface area contributed by atoms with Crippen molar-refractivity contribution in [2.24, 2.45) is 0 Å². The maximum Gasteiger partial charge on any atom is 0.416 e. The van der Waals surface area contributed by atoms with Crippen molar-refractivity contribution < 1.29 is 22.8 Å². The minimum atomic E-state index is -4.48. The molecule has 0 saturated heterocycles. The molecule has 0 bridgehead atoms. The Morgan fingerprint density at radius 3 is 2.24 bits per heavy atom. The molecule has 0 saturated carbocycles. The summed E-state index contributed by atoms with van der Waals surface area (Å²) in [4.78, 5) is 25.8. The van der Waals surface area contributed by atoms with Gasteiger partial charge in [0.1, 0.15) is 6.04 Å². The van der Waals surface area contributed by atoms with Crippen molar-refractivity contribution in [3.63, 3.8) is 0 Å². The van der Waals surface area contributed by atoms with Gasteiger partial charge in [0, 0.05) is 18.7 Å². The van der Waals surface area contributed by atoms with Crippen LogP contribution in [0.25, 0.3) is 0 Å². The Morgan fingerprint density at radius 2 is 1.72 bits per heavy atom. The number of alkyl halides is 3. The number of halogens is 3. The summed E-state index contributed by atoms with van der Waals surface area (Å²) in [7, 11) is 0. The number of hydrogen-bond donors (Lipinski definition) is 2. The molecule has 152 valence electrons.